The number of phosphoric ester groups is 6. The molecule has 8 atom stereocenters. The van der Waals surface area contributed by atoms with Crippen LogP contribution in [0.2, 0.25) is 0 Å². The lowest BCUT2D eigenvalue weighted by Crippen LogP contribution is -2.13. The van der Waals surface area contributed by atoms with Crippen molar-refractivity contribution in [2.75, 3.05) is 41.2 Å². The van der Waals surface area contributed by atoms with Gasteiger partial charge in [0.1, 0.15) is 0 Å². The Kier molecular flexibility index (Phi) is 36.0. The van der Waals surface area contributed by atoms with Gasteiger partial charge in [0.05, 0.1) is 19.8 Å². The molecule has 0 radical (unpaired) electrons. The van der Waals surface area contributed by atoms with Gasteiger partial charge in [-0.15, -0.1) is 15.5 Å². The van der Waals surface area contributed by atoms with Gasteiger partial charge in [-0.05, 0) is 66.7 Å². The Morgan fingerprint density at radius 3 is 1.23 bits per heavy atom. The molecule has 0 spiro atoms. The Hall–Kier alpha value is 1.33. The molecule has 8 unspecified atom stereocenters. The van der Waals surface area contributed by atoms with Gasteiger partial charge in [-0.2, -0.15) is 0 Å². The highest BCUT2D eigenvalue weighted by Crippen LogP contribution is 2.56. The zero-order valence-corrected chi connectivity index (χ0v) is 40.1. The lowest BCUT2D eigenvalue weighted by Gasteiger charge is -2.29. The predicted octanol–water partition coefficient (Wildman–Crippen LogP) is 5.24. The zero-order chi connectivity index (χ0) is 42.7. The molecule has 30 heteroatoms. The maximum atomic E-state index is 11.2. The zero-order valence-electron chi connectivity index (χ0n) is 30.4. The highest BCUT2D eigenvalue weighted by atomic mass is 127. The van der Waals surface area contributed by atoms with E-state index in [4.69, 9.17) is 0 Å². The monoisotopic (exact) mass is 1030 g/mol. The summed E-state index contributed by atoms with van der Waals surface area (Å²) in [7, 11) is -24.3. The third-order valence-corrected chi connectivity index (χ3v) is 12.1. The van der Waals surface area contributed by atoms with E-state index in [9.17, 15) is 56.8 Å². The van der Waals surface area contributed by atoms with Crippen molar-refractivity contribution >= 4 is 83.8 Å². The first-order valence-corrected chi connectivity index (χ1v) is 28.8. The average Bonchev–Trinajstić information content (AvgIpc) is 2.95. The van der Waals surface area contributed by atoms with Crippen LogP contribution in [-0.2, 0) is 67.5 Å². The van der Waals surface area contributed by atoms with Gasteiger partial charge in [0.2, 0.25) is 0 Å². The Balaban J connectivity index is -0.000000331. The van der Waals surface area contributed by atoms with Gasteiger partial charge in [0.15, 0.2) is 0 Å². The minimum atomic E-state index is -4.94. The molecule has 0 bridgehead atoms. The van der Waals surface area contributed by atoms with Gasteiger partial charge in [0, 0.05) is 21.3 Å². The number of halogens is 1. The summed E-state index contributed by atoms with van der Waals surface area (Å²) in [6.45, 7) is 13.7. The molecular formula is C23H47IO21P8-6. The number of hydrogen-bond acceptors (Lipinski definition) is 21. The summed E-state index contributed by atoms with van der Waals surface area (Å²) < 4.78 is 101. The molecule has 0 aromatic heterocycles. The topological polar surface area (TPSA) is 324 Å². The fourth-order valence-electron chi connectivity index (χ4n) is 2.13. The maximum absolute atomic E-state index is 11.2. The van der Waals surface area contributed by atoms with Crippen LogP contribution in [-0.4, -0.2) is 41.2 Å². The Morgan fingerprint density at radius 1 is 0.604 bits per heavy atom. The van der Waals surface area contributed by atoms with Crippen molar-refractivity contribution in [1.82, 2.24) is 0 Å². The van der Waals surface area contributed by atoms with Gasteiger partial charge < -0.3 is 56.5 Å². The lowest BCUT2D eigenvalue weighted by molar-refractivity contribution is -0.245. The molecule has 53 heavy (non-hydrogen) atoms. The Bertz CT molecular complexity index is 1440. The molecule has 0 heterocycles. The summed E-state index contributed by atoms with van der Waals surface area (Å²) in [4.78, 5) is 65.0. The van der Waals surface area contributed by atoms with E-state index in [1.807, 2.05) is 20.8 Å². The van der Waals surface area contributed by atoms with E-state index in [0.717, 1.165) is 51.2 Å². The summed E-state index contributed by atoms with van der Waals surface area (Å²) >= 11 is 2.28. The first-order valence-electron chi connectivity index (χ1n) is 14.1. The van der Waals surface area contributed by atoms with Crippen LogP contribution in [0.15, 0.2) is 47.1 Å². The molecule has 0 aromatic carbocycles. The van der Waals surface area contributed by atoms with Gasteiger partial charge >= 0.3 is 0 Å². The summed E-state index contributed by atoms with van der Waals surface area (Å²) in [6, 6.07) is 0. The molecule has 0 rings (SSSR count). The molecule has 0 N–H and O–H groups in total. The van der Waals surface area contributed by atoms with E-state index in [1.54, 1.807) is 26.8 Å². The van der Waals surface area contributed by atoms with E-state index in [1.165, 1.54) is 11.6 Å². The van der Waals surface area contributed by atoms with Crippen LogP contribution in [0.3, 0.4) is 0 Å². The second-order valence-electron chi connectivity index (χ2n) is 9.87. The van der Waals surface area contributed by atoms with Crippen molar-refractivity contribution in [3.63, 3.8) is 0 Å². The highest BCUT2D eigenvalue weighted by molar-refractivity contribution is 14.2. The molecule has 0 aliphatic carbocycles. The smallest absolute Gasteiger partial charge is 0.274 e. The molecular weight excluding hydrogens is 987 g/mol. The quantitative estimate of drug-likeness (QED) is 0.0760. The van der Waals surface area contributed by atoms with E-state index in [2.05, 4.69) is 83.7 Å². The van der Waals surface area contributed by atoms with E-state index in [0.29, 0.717) is 5.57 Å². The third-order valence-electron chi connectivity index (χ3n) is 4.53. The highest BCUT2D eigenvalue weighted by Gasteiger charge is 2.20. The number of hydrogen-bond donors (Lipinski definition) is 0. The fourth-order valence-corrected chi connectivity index (χ4v) is 7.26. The minimum Gasteiger partial charge on any atom is -0.756 e. The van der Waals surface area contributed by atoms with Crippen molar-refractivity contribution in [2.24, 2.45) is 0 Å². The van der Waals surface area contributed by atoms with Crippen LogP contribution in [0.1, 0.15) is 60.8 Å². The van der Waals surface area contributed by atoms with Crippen LogP contribution in [0.25, 0.3) is 0 Å². The lowest BCUT2D eigenvalue weighted by atomic mass is 10.1. The van der Waals surface area contributed by atoms with E-state index in [-0.39, 0.29) is 26.2 Å². The van der Waals surface area contributed by atoms with Gasteiger partial charge in [-0.1, -0.05) is 62.6 Å². The summed E-state index contributed by atoms with van der Waals surface area (Å²) in [6.07, 6.45) is 6.95. The fraction of sp³-hybridized carbons (Fsp3) is 0.652. The van der Waals surface area contributed by atoms with Crippen LogP contribution in [0, 0.1) is 0 Å². The summed E-state index contributed by atoms with van der Waals surface area (Å²) in [5, 5.41) is 0. The van der Waals surface area contributed by atoms with Crippen molar-refractivity contribution in [1.29, 1.82) is 0 Å². The number of allylic oxidation sites excluding steroid dienone is 4. The Morgan fingerprint density at radius 2 is 0.925 bits per heavy atom. The molecule has 0 saturated heterocycles. The molecule has 0 aliphatic rings. The van der Waals surface area contributed by atoms with Crippen LogP contribution >= 0.6 is 83.8 Å². The van der Waals surface area contributed by atoms with Crippen LogP contribution < -0.4 is 29.4 Å². The molecule has 0 amide bonds. The molecule has 0 fully saturated rings. The van der Waals surface area contributed by atoms with E-state index >= 15 is 0 Å². The molecule has 0 saturated carbocycles. The number of rotatable bonds is 22. The third kappa shape index (κ3) is 45.9. The van der Waals surface area contributed by atoms with Crippen molar-refractivity contribution in [3.8, 4) is 0 Å². The van der Waals surface area contributed by atoms with Crippen molar-refractivity contribution in [3.05, 3.63) is 47.1 Å². The van der Waals surface area contributed by atoms with Crippen molar-refractivity contribution < 1.29 is 96.8 Å². The standard InChI is InChI=1S/C11H22O7P2.2C6H14O7P2.H3IP2/c1-10(2)6-5-7-11(3)8-9-17-20(14,15)18-19(12,13)16-4;2*1-6(2)4-5-12-15(9,10)13-14(7,8)11-3;1-3-2/h6,8H,5,7,9H2,1-4H3,(H,12,13)(H,14,15);4H,5H2,1-3H3,(H,7,8)(H,9,10);1,4-5H2,2-3H3,(H,7,8)(H,9,10);3H,2H2/p-6/b11-8+;;;. The average molecular weight is 1030 g/mol. The SMILES string of the molecule is C=C(C)CCOP(=O)([O-])OP(=O)([O-])OC.COP(=O)([O-])OP(=O)([O-])OC/C=C(\C)CCC=C(C)C.COP(=O)([O-])OP(=O)([O-])OCC=C(C)C.PPI. The second-order valence-corrected chi connectivity index (χ2v) is 25.5. The largest absolute Gasteiger partial charge is 0.756 e. The first kappa shape index (κ1) is 61.0. The van der Waals surface area contributed by atoms with Crippen LogP contribution in [0.4, 0.5) is 0 Å². The number of phosphoric acid groups is 6. The molecule has 0 aliphatic heterocycles. The minimum absolute atomic E-state index is 0.222. The molecule has 318 valence electrons. The van der Waals surface area contributed by atoms with E-state index < -0.39 is 46.9 Å². The van der Waals surface area contributed by atoms with Gasteiger partial charge in [-0.3, -0.25) is 27.4 Å². The Labute approximate surface area is 328 Å². The molecule has 21 nitrogen and oxygen atoms in total. The van der Waals surface area contributed by atoms with Gasteiger partial charge in [-0.25, -0.2) is 12.9 Å². The maximum Gasteiger partial charge on any atom is 0.274 e. The van der Waals surface area contributed by atoms with Gasteiger partial charge in [0.25, 0.3) is 46.9 Å². The second kappa shape index (κ2) is 31.3. The molecule has 0 aromatic rings. The van der Waals surface area contributed by atoms with Crippen molar-refractivity contribution in [2.45, 2.75) is 60.8 Å². The predicted molar refractivity (Wildman–Crippen MR) is 201 cm³/mol. The summed E-state index contributed by atoms with van der Waals surface area (Å²) in [5.41, 5.74) is 3.66. The first-order chi connectivity index (χ1) is 23.9. The normalized spacial score (nSPS) is 18.2. The summed E-state index contributed by atoms with van der Waals surface area (Å²) in [5.74, 6) is 0.970. The van der Waals surface area contributed by atoms with Crippen LogP contribution in [0.5, 0.6) is 0 Å².